The van der Waals surface area contributed by atoms with E-state index >= 15 is 0 Å². The Bertz CT molecular complexity index is 337. The topological polar surface area (TPSA) is 96.7 Å². The Morgan fingerprint density at radius 3 is 3.06 bits per heavy atom. The zero-order chi connectivity index (χ0) is 11.4. The van der Waals surface area contributed by atoms with E-state index in [-0.39, 0.29) is 11.9 Å². The second-order valence-electron chi connectivity index (χ2n) is 4.27. The largest absolute Gasteiger partial charge is 0.350 e. The molecule has 0 spiro atoms. The summed E-state index contributed by atoms with van der Waals surface area (Å²) >= 11 is 0. The van der Waals surface area contributed by atoms with E-state index in [1.807, 2.05) is 0 Å². The third-order valence-corrected chi connectivity index (χ3v) is 3.14. The van der Waals surface area contributed by atoms with E-state index in [1.54, 1.807) is 0 Å². The highest BCUT2D eigenvalue weighted by Crippen LogP contribution is 2.22. The Morgan fingerprint density at radius 2 is 2.38 bits per heavy atom. The zero-order valence-electron chi connectivity index (χ0n) is 9.15. The van der Waals surface area contributed by atoms with Crippen LogP contribution >= 0.6 is 0 Å². The molecule has 0 aromatic carbocycles. The second kappa shape index (κ2) is 5.07. The van der Waals surface area contributed by atoms with Crippen LogP contribution < -0.4 is 11.1 Å². The predicted octanol–water partition coefficient (Wildman–Crippen LogP) is 0.0520. The molecule has 4 N–H and O–H groups in total. The summed E-state index contributed by atoms with van der Waals surface area (Å²) < 4.78 is 0. The van der Waals surface area contributed by atoms with Crippen molar-refractivity contribution in [3.05, 3.63) is 11.9 Å². The Balaban J connectivity index is 1.80. The lowest BCUT2D eigenvalue weighted by Gasteiger charge is -2.28. The first kappa shape index (κ1) is 11.1. The van der Waals surface area contributed by atoms with Gasteiger partial charge in [-0.2, -0.15) is 15.4 Å². The smallest absolute Gasteiger partial charge is 0.273 e. The van der Waals surface area contributed by atoms with Crippen LogP contribution in [0.3, 0.4) is 0 Å². The summed E-state index contributed by atoms with van der Waals surface area (Å²) in [6.45, 7) is 0.632. The van der Waals surface area contributed by atoms with Gasteiger partial charge in [-0.15, -0.1) is 0 Å². The Hall–Kier alpha value is -1.43. The molecule has 1 fully saturated rings. The van der Waals surface area contributed by atoms with Gasteiger partial charge in [0, 0.05) is 12.6 Å². The molecule has 1 aromatic rings. The molecule has 0 saturated heterocycles. The van der Waals surface area contributed by atoms with Crippen LogP contribution in [0.2, 0.25) is 0 Å². The molecule has 1 aliphatic carbocycles. The minimum atomic E-state index is -0.188. The quantitative estimate of drug-likeness (QED) is 0.674. The van der Waals surface area contributed by atoms with Gasteiger partial charge >= 0.3 is 0 Å². The molecule has 6 nitrogen and oxygen atoms in total. The summed E-state index contributed by atoms with van der Waals surface area (Å²) in [6, 6.07) is 0.214. The molecule has 2 atom stereocenters. The van der Waals surface area contributed by atoms with Gasteiger partial charge in [-0.1, -0.05) is 12.8 Å². The first-order valence-corrected chi connectivity index (χ1v) is 5.67. The number of rotatable bonds is 3. The minimum Gasteiger partial charge on any atom is -0.350 e. The molecule has 0 bridgehead atoms. The molecule has 2 rings (SSSR count). The summed E-state index contributed by atoms with van der Waals surface area (Å²) in [5, 5.41) is 12.6. The van der Waals surface area contributed by atoms with Gasteiger partial charge in [-0.3, -0.25) is 4.79 Å². The fraction of sp³-hybridized carbons (Fsp3) is 0.700. The maximum absolute atomic E-state index is 11.6. The van der Waals surface area contributed by atoms with Crippen LogP contribution in [0.5, 0.6) is 0 Å². The van der Waals surface area contributed by atoms with Gasteiger partial charge in [0.2, 0.25) is 0 Å². The molecule has 1 aromatic heterocycles. The van der Waals surface area contributed by atoms with Gasteiger partial charge < -0.3 is 11.1 Å². The lowest BCUT2D eigenvalue weighted by molar-refractivity contribution is 0.0936. The van der Waals surface area contributed by atoms with Crippen LogP contribution in [0, 0.1) is 5.92 Å². The Labute approximate surface area is 94.0 Å². The van der Waals surface area contributed by atoms with Crippen molar-refractivity contribution in [1.29, 1.82) is 0 Å². The molecule has 1 heterocycles. The van der Waals surface area contributed by atoms with Crippen LogP contribution in [-0.2, 0) is 0 Å². The van der Waals surface area contributed by atoms with Gasteiger partial charge in [-0.05, 0) is 18.8 Å². The molecular weight excluding hydrogens is 206 g/mol. The molecule has 6 heteroatoms. The third kappa shape index (κ3) is 2.57. The van der Waals surface area contributed by atoms with Crippen LogP contribution in [-0.4, -0.2) is 33.9 Å². The molecule has 1 aliphatic rings. The van der Waals surface area contributed by atoms with Gasteiger partial charge in [0.25, 0.3) is 5.91 Å². The van der Waals surface area contributed by atoms with Crippen molar-refractivity contribution >= 4 is 5.91 Å². The van der Waals surface area contributed by atoms with Gasteiger partial charge in [0.1, 0.15) is 0 Å². The number of aromatic amines is 1. The van der Waals surface area contributed by atoms with Gasteiger partial charge in [-0.25, -0.2) is 0 Å². The maximum atomic E-state index is 11.6. The average Bonchev–Trinajstić information content (AvgIpc) is 2.81. The van der Waals surface area contributed by atoms with E-state index in [4.69, 9.17) is 5.73 Å². The van der Waals surface area contributed by atoms with E-state index < -0.39 is 0 Å². The van der Waals surface area contributed by atoms with Crippen molar-refractivity contribution in [2.45, 2.75) is 31.7 Å². The molecular formula is C10H17N5O. The standard InChI is InChI=1S/C10H17N5O/c11-8-4-2-1-3-7(8)5-12-10(16)9-6-13-15-14-9/h6-8H,1-5,11H2,(H,12,16)(H,13,14,15). The molecule has 2 unspecified atom stereocenters. The normalized spacial score (nSPS) is 25.3. The Morgan fingerprint density at radius 1 is 1.56 bits per heavy atom. The van der Waals surface area contributed by atoms with Crippen molar-refractivity contribution < 1.29 is 4.79 Å². The van der Waals surface area contributed by atoms with E-state index in [0.29, 0.717) is 18.2 Å². The lowest BCUT2D eigenvalue weighted by atomic mass is 9.85. The minimum absolute atomic E-state index is 0.188. The Kier molecular flexibility index (Phi) is 3.51. The van der Waals surface area contributed by atoms with Gasteiger partial charge in [0.15, 0.2) is 5.69 Å². The molecule has 16 heavy (non-hydrogen) atoms. The second-order valence-corrected chi connectivity index (χ2v) is 4.27. The number of carbonyl (C=O) groups excluding carboxylic acids is 1. The number of hydrogen-bond acceptors (Lipinski definition) is 4. The fourth-order valence-electron chi connectivity index (χ4n) is 2.12. The molecule has 88 valence electrons. The first-order valence-electron chi connectivity index (χ1n) is 5.67. The third-order valence-electron chi connectivity index (χ3n) is 3.14. The van der Waals surface area contributed by atoms with Crippen molar-refractivity contribution in [2.24, 2.45) is 11.7 Å². The van der Waals surface area contributed by atoms with E-state index in [2.05, 4.69) is 20.7 Å². The summed E-state index contributed by atoms with van der Waals surface area (Å²) in [7, 11) is 0. The molecule has 1 saturated carbocycles. The number of aromatic nitrogens is 3. The maximum Gasteiger partial charge on any atom is 0.273 e. The average molecular weight is 223 g/mol. The summed E-state index contributed by atoms with van der Waals surface area (Å²) in [5.41, 5.74) is 6.32. The fourth-order valence-corrected chi connectivity index (χ4v) is 2.12. The lowest BCUT2D eigenvalue weighted by Crippen LogP contribution is -2.41. The number of nitrogens with one attached hydrogen (secondary N) is 2. The van der Waals surface area contributed by atoms with Crippen LogP contribution in [0.4, 0.5) is 0 Å². The van der Waals surface area contributed by atoms with E-state index in [0.717, 1.165) is 12.8 Å². The first-order chi connectivity index (χ1) is 7.77. The van der Waals surface area contributed by atoms with Crippen molar-refractivity contribution in [3.8, 4) is 0 Å². The molecule has 0 aliphatic heterocycles. The van der Waals surface area contributed by atoms with Crippen molar-refractivity contribution in [1.82, 2.24) is 20.7 Å². The van der Waals surface area contributed by atoms with Gasteiger partial charge in [0.05, 0.1) is 6.20 Å². The highest BCUT2D eigenvalue weighted by atomic mass is 16.1. The summed E-state index contributed by atoms with van der Waals surface area (Å²) in [6.07, 6.45) is 5.98. The van der Waals surface area contributed by atoms with Crippen LogP contribution in [0.1, 0.15) is 36.2 Å². The monoisotopic (exact) mass is 223 g/mol. The predicted molar refractivity (Wildman–Crippen MR) is 58.6 cm³/mol. The SMILES string of the molecule is NC1CCCCC1CNC(=O)c1cn[nH]n1. The number of hydrogen-bond donors (Lipinski definition) is 3. The molecule has 1 amide bonds. The van der Waals surface area contributed by atoms with Crippen LogP contribution in [0.25, 0.3) is 0 Å². The number of carbonyl (C=O) groups is 1. The number of nitrogens with two attached hydrogens (primary N) is 1. The number of amides is 1. The summed E-state index contributed by atoms with van der Waals surface area (Å²) in [4.78, 5) is 11.6. The van der Waals surface area contributed by atoms with Crippen LogP contribution in [0.15, 0.2) is 6.20 Å². The number of nitrogens with zero attached hydrogens (tertiary/aromatic N) is 2. The zero-order valence-corrected chi connectivity index (χ0v) is 9.15. The van der Waals surface area contributed by atoms with E-state index in [9.17, 15) is 4.79 Å². The molecule has 0 radical (unpaired) electrons. The highest BCUT2D eigenvalue weighted by Gasteiger charge is 2.22. The van der Waals surface area contributed by atoms with Crippen molar-refractivity contribution in [2.75, 3.05) is 6.54 Å². The highest BCUT2D eigenvalue weighted by molar-refractivity contribution is 5.91. The van der Waals surface area contributed by atoms with E-state index in [1.165, 1.54) is 19.0 Å². The summed E-state index contributed by atoms with van der Waals surface area (Å²) in [5.74, 6) is 0.205. The van der Waals surface area contributed by atoms with Crippen molar-refractivity contribution in [3.63, 3.8) is 0 Å². The number of H-pyrrole nitrogens is 1.